The number of amides is 1. The van der Waals surface area contributed by atoms with Crippen LogP contribution in [0.5, 0.6) is 0 Å². The molecule has 0 atom stereocenters. The van der Waals surface area contributed by atoms with E-state index in [0.717, 1.165) is 23.8 Å². The van der Waals surface area contributed by atoms with Crippen LogP contribution in [0.1, 0.15) is 29.3 Å². The van der Waals surface area contributed by atoms with E-state index >= 15 is 0 Å². The van der Waals surface area contributed by atoms with E-state index < -0.39 is 33.1 Å². The van der Waals surface area contributed by atoms with Gasteiger partial charge in [0.1, 0.15) is 0 Å². The Hall–Kier alpha value is -3.82. The molecule has 0 aromatic heterocycles. The molecule has 152 valence electrons. The molecule has 0 saturated carbocycles. The van der Waals surface area contributed by atoms with Crippen molar-refractivity contribution in [2.75, 3.05) is 13.2 Å². The summed E-state index contributed by atoms with van der Waals surface area (Å²) in [6.07, 6.45) is -0.0799. The number of nitro groups is 2. The lowest BCUT2D eigenvalue weighted by Crippen LogP contribution is -2.33. The minimum atomic E-state index is -0.802. The number of carbonyl (C=O) groups is 2. The molecule has 0 bridgehead atoms. The lowest BCUT2D eigenvalue weighted by molar-refractivity contribution is -0.394. The molecule has 0 spiro atoms. The van der Waals surface area contributed by atoms with Gasteiger partial charge < -0.3 is 9.64 Å². The summed E-state index contributed by atoms with van der Waals surface area (Å²) < 4.78 is 4.87. The highest BCUT2D eigenvalue weighted by Crippen LogP contribution is 2.24. The van der Waals surface area contributed by atoms with Crippen molar-refractivity contribution >= 4 is 23.3 Å². The average Bonchev–Trinajstić information content (AvgIpc) is 2.71. The first-order chi connectivity index (χ1) is 13.8. The smallest absolute Gasteiger partial charge is 0.307 e. The van der Waals surface area contributed by atoms with Crippen molar-refractivity contribution in [3.63, 3.8) is 0 Å². The predicted octanol–water partition coefficient (Wildman–Crippen LogP) is 3.10. The van der Waals surface area contributed by atoms with Crippen molar-refractivity contribution in [1.29, 1.82) is 0 Å². The van der Waals surface area contributed by atoms with E-state index in [4.69, 9.17) is 4.74 Å². The third kappa shape index (κ3) is 6.09. The number of rotatable bonds is 9. The third-order valence-electron chi connectivity index (χ3n) is 3.97. The maximum absolute atomic E-state index is 13.0. The fourth-order valence-corrected chi connectivity index (χ4v) is 2.63. The normalized spacial score (nSPS) is 10.2. The van der Waals surface area contributed by atoms with Crippen LogP contribution in [0.15, 0.2) is 48.5 Å². The molecule has 29 heavy (non-hydrogen) atoms. The molecule has 0 heterocycles. The molecule has 0 fully saturated rings. The molecule has 0 unspecified atom stereocenters. The summed E-state index contributed by atoms with van der Waals surface area (Å²) in [7, 11) is 0. The minimum Gasteiger partial charge on any atom is -0.466 e. The number of ether oxygens (including phenoxy) is 1. The number of nitro benzene ring substituents is 2. The first-order valence-corrected chi connectivity index (χ1v) is 8.74. The van der Waals surface area contributed by atoms with Crippen molar-refractivity contribution in [3.8, 4) is 0 Å². The molecule has 0 aliphatic carbocycles. The Morgan fingerprint density at radius 1 is 1.00 bits per heavy atom. The molecular weight excluding hydrogens is 382 g/mol. The summed E-state index contributed by atoms with van der Waals surface area (Å²) in [6, 6.07) is 11.7. The molecular formula is C19H19N3O7. The van der Waals surface area contributed by atoms with Gasteiger partial charge in [-0.25, -0.2) is 0 Å². The van der Waals surface area contributed by atoms with Crippen molar-refractivity contribution in [2.45, 2.75) is 19.9 Å². The van der Waals surface area contributed by atoms with Gasteiger partial charge in [-0.15, -0.1) is 0 Å². The number of hydrogen-bond donors (Lipinski definition) is 0. The lowest BCUT2D eigenvalue weighted by Gasteiger charge is -2.22. The van der Waals surface area contributed by atoms with Gasteiger partial charge in [0.2, 0.25) is 0 Å². The second-order valence-electron chi connectivity index (χ2n) is 6.02. The summed E-state index contributed by atoms with van der Waals surface area (Å²) >= 11 is 0. The van der Waals surface area contributed by atoms with Gasteiger partial charge in [-0.2, -0.15) is 0 Å². The van der Waals surface area contributed by atoms with Gasteiger partial charge in [0, 0.05) is 25.2 Å². The van der Waals surface area contributed by atoms with Crippen LogP contribution >= 0.6 is 0 Å². The quantitative estimate of drug-likeness (QED) is 0.358. The van der Waals surface area contributed by atoms with E-state index in [1.54, 1.807) is 37.3 Å². The number of carbonyl (C=O) groups excluding carboxylic acids is 2. The zero-order valence-electron chi connectivity index (χ0n) is 15.6. The van der Waals surface area contributed by atoms with Crippen LogP contribution < -0.4 is 0 Å². The van der Waals surface area contributed by atoms with E-state index in [-0.39, 0.29) is 31.7 Å². The Bertz CT molecular complexity index is 883. The van der Waals surface area contributed by atoms with Gasteiger partial charge in [0.05, 0.1) is 34.5 Å². The molecule has 10 nitrogen and oxygen atoms in total. The highest BCUT2D eigenvalue weighted by Gasteiger charge is 2.24. The number of benzene rings is 2. The number of hydrogen-bond acceptors (Lipinski definition) is 7. The van der Waals surface area contributed by atoms with Gasteiger partial charge in [-0.3, -0.25) is 29.8 Å². The maximum Gasteiger partial charge on any atom is 0.307 e. The fraction of sp³-hybridized carbons (Fsp3) is 0.263. The Kier molecular flexibility index (Phi) is 7.35. The minimum absolute atomic E-state index is 0.0109. The molecule has 0 saturated heterocycles. The SMILES string of the molecule is CCOC(=O)CCN(Cc1ccccc1)C(=O)c1cc([N+](=O)[O-])cc([N+](=O)[O-])c1. The van der Waals surface area contributed by atoms with Crippen LogP contribution in [-0.4, -0.2) is 39.8 Å². The monoisotopic (exact) mass is 401 g/mol. The summed E-state index contributed by atoms with van der Waals surface area (Å²) in [5.74, 6) is -1.16. The highest BCUT2D eigenvalue weighted by atomic mass is 16.6. The maximum atomic E-state index is 13.0. The third-order valence-corrected chi connectivity index (χ3v) is 3.97. The van der Waals surface area contributed by atoms with Crippen LogP contribution in [0.2, 0.25) is 0 Å². The van der Waals surface area contributed by atoms with Gasteiger partial charge in [-0.1, -0.05) is 30.3 Å². The van der Waals surface area contributed by atoms with Crippen LogP contribution in [0, 0.1) is 20.2 Å². The van der Waals surface area contributed by atoms with E-state index in [1.807, 2.05) is 0 Å². The van der Waals surface area contributed by atoms with Gasteiger partial charge in [0.25, 0.3) is 17.3 Å². The predicted molar refractivity (Wildman–Crippen MR) is 102 cm³/mol. The molecule has 2 rings (SSSR count). The molecule has 0 aliphatic heterocycles. The van der Waals surface area contributed by atoms with Crippen LogP contribution in [0.25, 0.3) is 0 Å². The van der Waals surface area contributed by atoms with Gasteiger partial charge >= 0.3 is 5.97 Å². The Morgan fingerprint density at radius 2 is 1.59 bits per heavy atom. The van der Waals surface area contributed by atoms with Crippen molar-refractivity contribution in [1.82, 2.24) is 4.90 Å². The second kappa shape index (κ2) is 9.93. The van der Waals surface area contributed by atoms with Crippen molar-refractivity contribution in [3.05, 3.63) is 79.9 Å². The highest BCUT2D eigenvalue weighted by molar-refractivity contribution is 5.95. The largest absolute Gasteiger partial charge is 0.466 e. The number of esters is 1. The molecule has 0 aliphatic rings. The Morgan fingerprint density at radius 3 is 2.10 bits per heavy atom. The average molecular weight is 401 g/mol. The van der Waals surface area contributed by atoms with Crippen molar-refractivity contribution < 1.29 is 24.2 Å². The van der Waals surface area contributed by atoms with E-state index in [0.29, 0.717) is 0 Å². The number of non-ortho nitro benzene ring substituents is 2. The van der Waals surface area contributed by atoms with E-state index in [2.05, 4.69) is 0 Å². The standard InChI is InChI=1S/C19H19N3O7/c1-2-29-18(23)8-9-20(13-14-6-4-3-5-7-14)19(24)15-10-16(21(25)26)12-17(11-15)22(27)28/h3-7,10-12H,2,8-9,13H2,1H3. The molecule has 2 aromatic carbocycles. The summed E-state index contributed by atoms with van der Waals surface area (Å²) in [6.45, 7) is 1.97. The fourth-order valence-electron chi connectivity index (χ4n) is 2.63. The van der Waals surface area contributed by atoms with E-state index in [1.165, 1.54) is 4.90 Å². The molecule has 1 amide bonds. The zero-order chi connectivity index (χ0) is 21.4. The molecule has 10 heteroatoms. The first kappa shape index (κ1) is 21.5. The Balaban J connectivity index is 2.35. The summed E-state index contributed by atoms with van der Waals surface area (Å²) in [5, 5.41) is 22.2. The lowest BCUT2D eigenvalue weighted by atomic mass is 10.1. The Labute approximate surface area is 166 Å². The molecule has 2 aromatic rings. The van der Waals surface area contributed by atoms with Crippen LogP contribution in [0.3, 0.4) is 0 Å². The van der Waals surface area contributed by atoms with Crippen molar-refractivity contribution in [2.24, 2.45) is 0 Å². The van der Waals surface area contributed by atoms with Gasteiger partial charge in [-0.05, 0) is 12.5 Å². The number of nitrogens with zero attached hydrogens (tertiary/aromatic N) is 3. The van der Waals surface area contributed by atoms with Crippen LogP contribution in [-0.2, 0) is 16.1 Å². The van der Waals surface area contributed by atoms with E-state index in [9.17, 15) is 29.8 Å². The summed E-state index contributed by atoms with van der Waals surface area (Å²) in [5.41, 5.74) is -0.560. The molecule has 0 N–H and O–H groups in total. The second-order valence-corrected chi connectivity index (χ2v) is 6.02. The molecule has 0 radical (unpaired) electrons. The topological polar surface area (TPSA) is 133 Å². The van der Waals surface area contributed by atoms with Crippen LogP contribution in [0.4, 0.5) is 11.4 Å². The first-order valence-electron chi connectivity index (χ1n) is 8.74. The van der Waals surface area contributed by atoms with Gasteiger partial charge in [0.15, 0.2) is 0 Å². The zero-order valence-corrected chi connectivity index (χ0v) is 15.6. The summed E-state index contributed by atoms with van der Waals surface area (Å²) in [4.78, 5) is 46.6.